The maximum atomic E-state index is 12.0. The molecule has 0 radical (unpaired) electrons. The lowest BCUT2D eigenvalue weighted by Gasteiger charge is -2.31. The summed E-state index contributed by atoms with van der Waals surface area (Å²) >= 11 is 0. The molecule has 5 heteroatoms. The van der Waals surface area contributed by atoms with Crippen molar-refractivity contribution in [3.8, 4) is 5.75 Å². The van der Waals surface area contributed by atoms with Gasteiger partial charge >= 0.3 is 0 Å². The number of ether oxygens (including phenoxy) is 1. The second-order valence-corrected chi connectivity index (χ2v) is 6.47. The molecular weight excluding hydrogens is 312 g/mol. The van der Waals surface area contributed by atoms with Gasteiger partial charge < -0.3 is 15.8 Å². The first-order chi connectivity index (χ1) is 10.6. The van der Waals surface area contributed by atoms with Crippen LogP contribution in [0.3, 0.4) is 0 Å². The first-order valence-corrected chi connectivity index (χ1v) is 8.32. The van der Waals surface area contributed by atoms with E-state index in [9.17, 15) is 4.79 Å². The van der Waals surface area contributed by atoms with E-state index in [2.05, 4.69) is 19.2 Å². The minimum Gasteiger partial charge on any atom is -0.484 e. The van der Waals surface area contributed by atoms with Gasteiger partial charge in [-0.05, 0) is 48.9 Å². The van der Waals surface area contributed by atoms with Crippen LogP contribution in [0.5, 0.6) is 5.75 Å². The van der Waals surface area contributed by atoms with Crippen molar-refractivity contribution in [3.63, 3.8) is 0 Å². The van der Waals surface area contributed by atoms with Crippen LogP contribution in [0.25, 0.3) is 0 Å². The molecule has 2 rings (SSSR count). The van der Waals surface area contributed by atoms with Gasteiger partial charge in [0.2, 0.25) is 0 Å². The molecule has 0 aromatic heterocycles. The number of nitrogens with two attached hydrogens (primary N) is 1. The molecule has 1 aromatic carbocycles. The second-order valence-electron chi connectivity index (χ2n) is 6.47. The van der Waals surface area contributed by atoms with Gasteiger partial charge in [-0.3, -0.25) is 4.79 Å². The van der Waals surface area contributed by atoms with E-state index < -0.39 is 0 Å². The predicted octanol–water partition coefficient (Wildman–Crippen LogP) is 3.24. The lowest BCUT2D eigenvalue weighted by molar-refractivity contribution is -0.124. The molecule has 3 N–H and O–H groups in total. The molecule has 130 valence electrons. The maximum Gasteiger partial charge on any atom is 0.258 e. The van der Waals surface area contributed by atoms with Gasteiger partial charge in [-0.15, -0.1) is 12.4 Å². The van der Waals surface area contributed by atoms with Crippen LogP contribution in [0.1, 0.15) is 51.0 Å². The van der Waals surface area contributed by atoms with Crippen LogP contribution in [0.15, 0.2) is 24.3 Å². The SMILES string of the molecule is CC(C)c1ccc(OCC(=O)NC2CCCCC2CN)cc1.Cl. The summed E-state index contributed by atoms with van der Waals surface area (Å²) in [6.45, 7) is 5.01. The first-order valence-electron chi connectivity index (χ1n) is 8.32. The highest BCUT2D eigenvalue weighted by molar-refractivity contribution is 5.85. The van der Waals surface area contributed by atoms with Crippen molar-refractivity contribution in [3.05, 3.63) is 29.8 Å². The number of nitrogens with one attached hydrogen (secondary N) is 1. The molecule has 23 heavy (non-hydrogen) atoms. The number of halogens is 1. The highest BCUT2D eigenvalue weighted by Crippen LogP contribution is 2.23. The first kappa shape index (κ1) is 19.8. The third-order valence-corrected chi connectivity index (χ3v) is 4.47. The molecule has 1 saturated carbocycles. The van der Waals surface area contributed by atoms with Crippen LogP contribution in [0.4, 0.5) is 0 Å². The molecule has 1 aromatic rings. The van der Waals surface area contributed by atoms with E-state index in [0.29, 0.717) is 18.4 Å². The van der Waals surface area contributed by atoms with Crippen molar-refractivity contribution in [2.24, 2.45) is 11.7 Å². The Morgan fingerprint density at radius 2 is 1.91 bits per heavy atom. The quantitative estimate of drug-likeness (QED) is 0.835. The van der Waals surface area contributed by atoms with Crippen LogP contribution in [-0.4, -0.2) is 25.1 Å². The zero-order valence-corrected chi connectivity index (χ0v) is 14.9. The zero-order chi connectivity index (χ0) is 15.9. The van der Waals surface area contributed by atoms with Gasteiger partial charge in [0.05, 0.1) is 0 Å². The molecule has 0 bridgehead atoms. The molecule has 1 aliphatic carbocycles. The summed E-state index contributed by atoms with van der Waals surface area (Å²) < 4.78 is 5.57. The normalized spacial score (nSPS) is 20.7. The monoisotopic (exact) mass is 340 g/mol. The fraction of sp³-hybridized carbons (Fsp3) is 0.611. The topological polar surface area (TPSA) is 64.3 Å². The Bertz CT molecular complexity index is 476. The molecular formula is C18H29ClN2O2. The van der Waals surface area contributed by atoms with Gasteiger partial charge in [0.25, 0.3) is 5.91 Å². The Morgan fingerprint density at radius 1 is 1.26 bits per heavy atom. The molecule has 0 aliphatic heterocycles. The Kier molecular flexibility index (Phi) is 8.42. The third kappa shape index (κ3) is 6.04. The van der Waals surface area contributed by atoms with Gasteiger partial charge in [-0.25, -0.2) is 0 Å². The van der Waals surface area contributed by atoms with Crippen LogP contribution in [0.2, 0.25) is 0 Å². The minimum absolute atomic E-state index is 0. The summed E-state index contributed by atoms with van der Waals surface area (Å²) in [7, 11) is 0. The van der Waals surface area contributed by atoms with E-state index in [1.54, 1.807) is 0 Å². The van der Waals surface area contributed by atoms with Crippen molar-refractivity contribution >= 4 is 18.3 Å². The van der Waals surface area contributed by atoms with Crippen LogP contribution >= 0.6 is 12.4 Å². The second kappa shape index (κ2) is 9.78. The molecule has 0 spiro atoms. The Morgan fingerprint density at radius 3 is 2.52 bits per heavy atom. The van der Waals surface area contributed by atoms with E-state index in [-0.39, 0.29) is 31.0 Å². The molecule has 0 saturated heterocycles. The predicted molar refractivity (Wildman–Crippen MR) is 96.2 cm³/mol. The van der Waals surface area contributed by atoms with E-state index in [1.165, 1.54) is 18.4 Å². The van der Waals surface area contributed by atoms with Crippen LogP contribution in [0, 0.1) is 5.92 Å². The molecule has 2 unspecified atom stereocenters. The van der Waals surface area contributed by atoms with Crippen LogP contribution < -0.4 is 15.8 Å². The molecule has 4 nitrogen and oxygen atoms in total. The van der Waals surface area contributed by atoms with E-state index >= 15 is 0 Å². The number of amides is 1. The van der Waals surface area contributed by atoms with Gasteiger partial charge in [-0.2, -0.15) is 0 Å². The van der Waals surface area contributed by atoms with Crippen molar-refractivity contribution < 1.29 is 9.53 Å². The van der Waals surface area contributed by atoms with Crippen LogP contribution in [-0.2, 0) is 4.79 Å². The van der Waals surface area contributed by atoms with Crippen molar-refractivity contribution in [2.75, 3.05) is 13.2 Å². The Balaban J connectivity index is 0.00000264. The lowest BCUT2D eigenvalue weighted by atomic mass is 9.84. The average Bonchev–Trinajstić information content (AvgIpc) is 2.54. The Hall–Kier alpha value is -1.26. The summed E-state index contributed by atoms with van der Waals surface area (Å²) in [5.41, 5.74) is 7.06. The zero-order valence-electron chi connectivity index (χ0n) is 14.1. The maximum absolute atomic E-state index is 12.0. The van der Waals surface area contributed by atoms with Crippen molar-refractivity contribution in [1.29, 1.82) is 0 Å². The summed E-state index contributed by atoms with van der Waals surface area (Å²) in [5.74, 6) is 1.58. The van der Waals surface area contributed by atoms with E-state index in [1.807, 2.05) is 24.3 Å². The number of carbonyl (C=O) groups excluding carboxylic acids is 1. The Labute approximate surface area is 145 Å². The van der Waals surface area contributed by atoms with E-state index in [0.717, 1.165) is 18.6 Å². The van der Waals surface area contributed by atoms with Gasteiger partial charge in [-0.1, -0.05) is 38.8 Å². The van der Waals surface area contributed by atoms with E-state index in [4.69, 9.17) is 10.5 Å². The number of benzene rings is 1. The third-order valence-electron chi connectivity index (χ3n) is 4.47. The van der Waals surface area contributed by atoms with Gasteiger partial charge in [0.15, 0.2) is 6.61 Å². The standard InChI is InChI=1S/C18H28N2O2.ClH/c1-13(2)14-7-9-16(10-8-14)22-12-18(21)20-17-6-4-3-5-15(17)11-19;/h7-10,13,15,17H,3-6,11-12,19H2,1-2H3,(H,20,21);1H. The lowest BCUT2D eigenvalue weighted by Crippen LogP contribution is -2.46. The smallest absolute Gasteiger partial charge is 0.258 e. The minimum atomic E-state index is -0.0571. The molecule has 1 fully saturated rings. The number of hydrogen-bond acceptors (Lipinski definition) is 3. The number of hydrogen-bond donors (Lipinski definition) is 2. The fourth-order valence-corrected chi connectivity index (χ4v) is 3.03. The fourth-order valence-electron chi connectivity index (χ4n) is 3.03. The largest absolute Gasteiger partial charge is 0.484 e. The number of rotatable bonds is 6. The summed E-state index contributed by atoms with van der Waals surface area (Å²) in [6.07, 6.45) is 4.52. The van der Waals surface area contributed by atoms with Crippen molar-refractivity contribution in [2.45, 2.75) is 51.5 Å². The molecule has 1 amide bonds. The highest BCUT2D eigenvalue weighted by Gasteiger charge is 2.25. The number of carbonyl (C=O) groups is 1. The highest BCUT2D eigenvalue weighted by atomic mass is 35.5. The molecule has 2 atom stereocenters. The van der Waals surface area contributed by atoms with Crippen molar-refractivity contribution in [1.82, 2.24) is 5.32 Å². The summed E-state index contributed by atoms with van der Waals surface area (Å²) in [4.78, 5) is 12.0. The summed E-state index contributed by atoms with van der Waals surface area (Å²) in [5, 5.41) is 3.08. The molecule has 1 aliphatic rings. The molecule has 0 heterocycles. The van der Waals surface area contributed by atoms with Gasteiger partial charge in [0, 0.05) is 6.04 Å². The average molecular weight is 341 g/mol. The summed E-state index contributed by atoms with van der Waals surface area (Å²) in [6, 6.07) is 8.14. The van der Waals surface area contributed by atoms with Gasteiger partial charge in [0.1, 0.15) is 5.75 Å².